The van der Waals surface area contributed by atoms with Gasteiger partial charge in [-0.05, 0) is 32.4 Å². The minimum Gasteiger partial charge on any atom is -0.347 e. The van der Waals surface area contributed by atoms with Crippen LogP contribution in [0.1, 0.15) is 20.3 Å². The lowest BCUT2D eigenvalue weighted by Gasteiger charge is -2.15. The average molecular weight is 263 g/mol. The van der Waals surface area contributed by atoms with Gasteiger partial charge in [0.05, 0.1) is 13.2 Å². The maximum Gasteiger partial charge on any atom is 0.333 e. The standard InChI is InChI=1S/C10H17NO5S/c1-10(2)14-8-9(16-10)6-4-3-5-7-15-17(11,12)13/h3,6,9H,5,7-8H2,1-2H3,(H2,11,12,13)/t4?,9-/m0/s1. The molecule has 0 saturated carbocycles. The van der Waals surface area contributed by atoms with Gasteiger partial charge in [0.15, 0.2) is 5.79 Å². The number of ether oxygens (including phenoxy) is 2. The summed E-state index contributed by atoms with van der Waals surface area (Å²) >= 11 is 0. The van der Waals surface area contributed by atoms with E-state index in [1.165, 1.54) is 0 Å². The third-order valence-corrected chi connectivity index (χ3v) is 2.44. The molecule has 1 aliphatic heterocycles. The number of hydrogen-bond donors (Lipinski definition) is 1. The highest BCUT2D eigenvalue weighted by Gasteiger charge is 2.30. The van der Waals surface area contributed by atoms with E-state index in [0.717, 1.165) is 0 Å². The monoisotopic (exact) mass is 263 g/mol. The molecule has 1 rings (SSSR count). The number of rotatable bonds is 5. The molecule has 0 aromatic carbocycles. The van der Waals surface area contributed by atoms with E-state index in [2.05, 4.69) is 15.1 Å². The van der Waals surface area contributed by atoms with Gasteiger partial charge in [0.2, 0.25) is 0 Å². The van der Waals surface area contributed by atoms with E-state index < -0.39 is 16.1 Å². The normalized spacial score (nSPS) is 23.1. The van der Waals surface area contributed by atoms with Crippen LogP contribution in [0, 0.1) is 0 Å². The highest BCUT2D eigenvalue weighted by atomic mass is 32.2. The molecule has 1 aliphatic rings. The molecule has 0 aromatic rings. The van der Waals surface area contributed by atoms with E-state index in [4.69, 9.17) is 9.47 Å². The van der Waals surface area contributed by atoms with Crippen LogP contribution in [0.5, 0.6) is 0 Å². The summed E-state index contributed by atoms with van der Waals surface area (Å²) in [5, 5.41) is 4.65. The Bertz CT molecular complexity index is 408. The van der Waals surface area contributed by atoms with Crippen LogP contribution in [0.15, 0.2) is 17.9 Å². The zero-order valence-electron chi connectivity index (χ0n) is 9.88. The Labute approximate surface area is 101 Å². The second-order valence-electron chi connectivity index (χ2n) is 4.01. The first-order chi connectivity index (χ1) is 7.79. The van der Waals surface area contributed by atoms with Gasteiger partial charge in [-0.3, -0.25) is 4.18 Å². The molecule has 1 atom stereocenters. The van der Waals surface area contributed by atoms with Gasteiger partial charge in [0.1, 0.15) is 6.10 Å². The molecule has 0 unspecified atom stereocenters. The van der Waals surface area contributed by atoms with E-state index in [9.17, 15) is 8.42 Å². The van der Waals surface area contributed by atoms with Gasteiger partial charge < -0.3 is 9.47 Å². The van der Waals surface area contributed by atoms with Gasteiger partial charge >= 0.3 is 10.3 Å². The van der Waals surface area contributed by atoms with Crippen molar-refractivity contribution in [2.45, 2.75) is 32.2 Å². The summed E-state index contributed by atoms with van der Waals surface area (Å²) in [6.07, 6.45) is 3.66. The smallest absolute Gasteiger partial charge is 0.333 e. The van der Waals surface area contributed by atoms with Crippen molar-refractivity contribution in [3.8, 4) is 0 Å². The molecule has 0 aliphatic carbocycles. The fraction of sp³-hybridized carbons (Fsp3) is 0.700. The summed E-state index contributed by atoms with van der Waals surface area (Å²) in [6.45, 7) is 4.17. The second-order valence-corrected chi connectivity index (χ2v) is 5.23. The molecule has 0 bridgehead atoms. The molecule has 0 aromatic heterocycles. The first kappa shape index (κ1) is 14.4. The van der Waals surface area contributed by atoms with Gasteiger partial charge in [-0.15, -0.1) is 5.73 Å². The van der Waals surface area contributed by atoms with Crippen molar-refractivity contribution in [3.05, 3.63) is 17.9 Å². The summed E-state index contributed by atoms with van der Waals surface area (Å²) in [5.74, 6) is -0.556. The Morgan fingerprint density at radius 1 is 1.59 bits per heavy atom. The summed E-state index contributed by atoms with van der Waals surface area (Å²) in [5.41, 5.74) is 2.88. The zero-order chi connectivity index (χ0) is 12.9. The van der Waals surface area contributed by atoms with Gasteiger partial charge in [0.25, 0.3) is 0 Å². The number of hydrogen-bond acceptors (Lipinski definition) is 5. The predicted molar refractivity (Wildman–Crippen MR) is 61.2 cm³/mol. The maximum absolute atomic E-state index is 10.4. The van der Waals surface area contributed by atoms with Crippen LogP contribution in [0.2, 0.25) is 0 Å². The van der Waals surface area contributed by atoms with Gasteiger partial charge in [0, 0.05) is 0 Å². The van der Waals surface area contributed by atoms with Crippen LogP contribution in [-0.4, -0.2) is 33.5 Å². The lowest BCUT2D eigenvalue weighted by Crippen LogP contribution is -2.20. The Balaban J connectivity index is 2.25. The van der Waals surface area contributed by atoms with Gasteiger partial charge in [-0.2, -0.15) is 8.42 Å². The van der Waals surface area contributed by atoms with Crippen molar-refractivity contribution in [1.82, 2.24) is 0 Å². The highest BCUT2D eigenvalue weighted by Crippen LogP contribution is 2.22. The summed E-state index contributed by atoms with van der Waals surface area (Å²) in [4.78, 5) is 0. The van der Waals surface area contributed by atoms with Crippen LogP contribution in [-0.2, 0) is 24.0 Å². The Morgan fingerprint density at radius 3 is 2.82 bits per heavy atom. The predicted octanol–water partition coefficient (Wildman–Crippen LogP) is 0.459. The Hall–Kier alpha value is -0.690. The molecule has 0 spiro atoms. The van der Waals surface area contributed by atoms with Crippen molar-refractivity contribution < 1.29 is 22.1 Å². The van der Waals surface area contributed by atoms with Gasteiger partial charge in [-0.1, -0.05) is 0 Å². The maximum atomic E-state index is 10.4. The third-order valence-electron chi connectivity index (χ3n) is 1.94. The van der Waals surface area contributed by atoms with Crippen LogP contribution in [0.3, 0.4) is 0 Å². The second kappa shape index (κ2) is 5.77. The molecule has 98 valence electrons. The molecular formula is C10H17NO5S. The third kappa shape index (κ3) is 6.58. The van der Waals surface area contributed by atoms with Crippen molar-refractivity contribution in [1.29, 1.82) is 0 Å². The fourth-order valence-corrected chi connectivity index (χ4v) is 1.61. The largest absolute Gasteiger partial charge is 0.347 e. The SMILES string of the molecule is CC1(C)OC[C@H](C=C=CCCOS(N)(=O)=O)O1. The van der Waals surface area contributed by atoms with Crippen LogP contribution < -0.4 is 5.14 Å². The van der Waals surface area contributed by atoms with E-state index in [0.29, 0.717) is 13.0 Å². The van der Waals surface area contributed by atoms with Crippen LogP contribution >= 0.6 is 0 Å². The molecule has 0 amide bonds. The zero-order valence-corrected chi connectivity index (χ0v) is 10.7. The molecule has 6 nitrogen and oxygen atoms in total. The van der Waals surface area contributed by atoms with Crippen LogP contribution in [0.25, 0.3) is 0 Å². The van der Waals surface area contributed by atoms with E-state index >= 15 is 0 Å². The fourth-order valence-electron chi connectivity index (χ4n) is 1.28. The first-order valence-corrected chi connectivity index (χ1v) is 6.66. The molecule has 2 N–H and O–H groups in total. The lowest BCUT2D eigenvalue weighted by atomic mass is 10.3. The van der Waals surface area contributed by atoms with E-state index in [1.807, 2.05) is 13.8 Å². The van der Waals surface area contributed by atoms with Crippen molar-refractivity contribution >= 4 is 10.3 Å². The van der Waals surface area contributed by atoms with E-state index in [-0.39, 0.29) is 12.7 Å². The first-order valence-electron chi connectivity index (χ1n) is 5.18. The number of nitrogens with two attached hydrogens (primary N) is 1. The Kier molecular flexibility index (Phi) is 4.88. The molecular weight excluding hydrogens is 246 g/mol. The van der Waals surface area contributed by atoms with Crippen molar-refractivity contribution in [3.63, 3.8) is 0 Å². The topological polar surface area (TPSA) is 87.9 Å². The quantitative estimate of drug-likeness (QED) is 0.575. The minimum absolute atomic E-state index is 0.00713. The Morgan fingerprint density at radius 2 is 2.29 bits per heavy atom. The molecule has 1 heterocycles. The lowest BCUT2D eigenvalue weighted by molar-refractivity contribution is -0.133. The molecule has 7 heteroatoms. The van der Waals surface area contributed by atoms with E-state index in [1.54, 1.807) is 12.2 Å². The summed E-state index contributed by atoms with van der Waals surface area (Å²) in [6, 6.07) is 0. The molecule has 0 radical (unpaired) electrons. The van der Waals surface area contributed by atoms with Crippen LogP contribution in [0.4, 0.5) is 0 Å². The van der Waals surface area contributed by atoms with Gasteiger partial charge in [-0.25, -0.2) is 5.14 Å². The summed E-state index contributed by atoms with van der Waals surface area (Å²) < 4.78 is 36.0. The highest BCUT2D eigenvalue weighted by molar-refractivity contribution is 7.84. The minimum atomic E-state index is -3.85. The molecule has 1 saturated heterocycles. The average Bonchev–Trinajstić information content (AvgIpc) is 2.50. The van der Waals surface area contributed by atoms with Crippen molar-refractivity contribution in [2.24, 2.45) is 5.14 Å². The summed E-state index contributed by atoms with van der Waals surface area (Å²) in [7, 11) is -3.85. The molecule has 1 fully saturated rings. The molecule has 17 heavy (non-hydrogen) atoms. The van der Waals surface area contributed by atoms with Crippen molar-refractivity contribution in [2.75, 3.05) is 13.2 Å².